The van der Waals surface area contributed by atoms with E-state index >= 15 is 0 Å². The van der Waals surface area contributed by atoms with Crippen molar-refractivity contribution < 1.29 is 14.7 Å². The van der Waals surface area contributed by atoms with Gasteiger partial charge in [-0.1, -0.05) is 6.92 Å². The predicted octanol–water partition coefficient (Wildman–Crippen LogP) is 0.309. The van der Waals surface area contributed by atoms with Crippen molar-refractivity contribution in [2.24, 2.45) is 5.41 Å². The van der Waals surface area contributed by atoms with E-state index in [1.807, 2.05) is 6.92 Å². The molecule has 1 aliphatic rings. The van der Waals surface area contributed by atoms with Crippen LogP contribution in [-0.2, 0) is 9.59 Å². The Hall–Kier alpha value is -1.10. The van der Waals surface area contributed by atoms with Crippen molar-refractivity contribution in [3.05, 3.63) is 0 Å². The monoisotopic (exact) mass is 228 g/mol. The summed E-state index contributed by atoms with van der Waals surface area (Å²) in [6.45, 7) is 3.45. The van der Waals surface area contributed by atoms with E-state index < -0.39 is 5.97 Å². The number of carbonyl (C=O) groups is 2. The van der Waals surface area contributed by atoms with E-state index in [4.69, 9.17) is 5.11 Å². The zero-order chi connectivity index (χ0) is 12.2. The van der Waals surface area contributed by atoms with E-state index in [0.29, 0.717) is 0 Å². The van der Waals surface area contributed by atoms with Gasteiger partial charge in [0.1, 0.15) is 6.54 Å². The third-order valence-corrected chi connectivity index (χ3v) is 3.41. The van der Waals surface area contributed by atoms with E-state index in [9.17, 15) is 9.59 Å². The van der Waals surface area contributed by atoms with Crippen molar-refractivity contribution in [1.29, 1.82) is 0 Å². The van der Waals surface area contributed by atoms with Crippen LogP contribution in [0.5, 0.6) is 0 Å². The number of hydrogen-bond acceptors (Lipinski definition) is 3. The van der Waals surface area contributed by atoms with Crippen LogP contribution >= 0.6 is 0 Å². The molecule has 0 aromatic rings. The second-order valence-corrected chi connectivity index (χ2v) is 4.44. The van der Waals surface area contributed by atoms with Gasteiger partial charge in [0.15, 0.2) is 0 Å². The van der Waals surface area contributed by atoms with Crippen LogP contribution in [0.2, 0.25) is 0 Å². The molecule has 1 heterocycles. The van der Waals surface area contributed by atoms with Gasteiger partial charge in [-0.2, -0.15) is 0 Å². The summed E-state index contributed by atoms with van der Waals surface area (Å²) in [6.07, 6.45) is 2.37. The second kappa shape index (κ2) is 5.30. The number of aliphatic carboxylic acids is 1. The molecule has 5 nitrogen and oxygen atoms in total. The highest BCUT2D eigenvalue weighted by atomic mass is 16.4. The van der Waals surface area contributed by atoms with E-state index in [2.05, 4.69) is 5.32 Å². The number of carboxylic acid groups (broad SMARTS) is 1. The van der Waals surface area contributed by atoms with E-state index in [1.165, 1.54) is 4.90 Å². The zero-order valence-corrected chi connectivity index (χ0v) is 9.95. The largest absolute Gasteiger partial charge is 0.480 e. The van der Waals surface area contributed by atoms with Gasteiger partial charge in [-0.3, -0.25) is 9.59 Å². The molecule has 1 amide bonds. The van der Waals surface area contributed by atoms with Crippen molar-refractivity contribution >= 4 is 11.9 Å². The molecular weight excluding hydrogens is 208 g/mol. The lowest BCUT2D eigenvalue weighted by Crippen LogP contribution is -2.49. The number of nitrogens with one attached hydrogen (secondary N) is 1. The molecule has 16 heavy (non-hydrogen) atoms. The first kappa shape index (κ1) is 13.0. The molecule has 1 rings (SSSR count). The lowest BCUT2D eigenvalue weighted by atomic mass is 9.75. The average molecular weight is 228 g/mol. The first-order valence-corrected chi connectivity index (χ1v) is 5.70. The minimum atomic E-state index is -0.962. The van der Waals surface area contributed by atoms with Gasteiger partial charge >= 0.3 is 5.97 Å². The van der Waals surface area contributed by atoms with Crippen LogP contribution in [0.4, 0.5) is 0 Å². The molecule has 0 bridgehead atoms. The van der Waals surface area contributed by atoms with Crippen LogP contribution in [0, 0.1) is 5.41 Å². The Balaban J connectivity index is 2.71. The summed E-state index contributed by atoms with van der Waals surface area (Å²) in [6, 6.07) is 0. The van der Waals surface area contributed by atoms with Crippen LogP contribution in [0.15, 0.2) is 0 Å². The molecule has 0 saturated carbocycles. The van der Waals surface area contributed by atoms with Crippen LogP contribution in [0.25, 0.3) is 0 Å². The number of rotatable bonds is 4. The van der Waals surface area contributed by atoms with E-state index in [-0.39, 0.29) is 17.9 Å². The lowest BCUT2D eigenvalue weighted by Gasteiger charge is -2.37. The molecule has 0 unspecified atom stereocenters. The standard InChI is InChI=1S/C11H20N2O3/c1-3-11(4-6-12-7-5-11)10(16)13(2)8-9(14)15/h12H,3-8H2,1-2H3,(H,14,15). The summed E-state index contributed by atoms with van der Waals surface area (Å²) in [5, 5.41) is 11.9. The maximum atomic E-state index is 12.2. The molecule has 1 aliphatic heterocycles. The maximum Gasteiger partial charge on any atom is 0.323 e. The van der Waals surface area contributed by atoms with Gasteiger partial charge in [0, 0.05) is 7.05 Å². The molecule has 2 N–H and O–H groups in total. The molecular formula is C11H20N2O3. The Bertz CT molecular complexity index is 272. The molecule has 5 heteroatoms. The van der Waals surface area contributed by atoms with Crippen molar-refractivity contribution in [3.8, 4) is 0 Å². The summed E-state index contributed by atoms with van der Waals surface area (Å²) in [4.78, 5) is 24.1. The predicted molar refractivity (Wildman–Crippen MR) is 60.1 cm³/mol. The highest BCUT2D eigenvalue weighted by Gasteiger charge is 2.39. The van der Waals surface area contributed by atoms with Crippen LogP contribution < -0.4 is 5.32 Å². The van der Waals surface area contributed by atoms with E-state index in [0.717, 1.165) is 32.4 Å². The molecule has 92 valence electrons. The van der Waals surface area contributed by atoms with Gasteiger partial charge in [0.05, 0.1) is 5.41 Å². The lowest BCUT2D eigenvalue weighted by molar-refractivity contribution is -0.149. The first-order chi connectivity index (χ1) is 7.52. The highest BCUT2D eigenvalue weighted by Crippen LogP contribution is 2.34. The van der Waals surface area contributed by atoms with Crippen LogP contribution in [0.1, 0.15) is 26.2 Å². The molecule has 1 fully saturated rings. The minimum absolute atomic E-state index is 0.0288. The van der Waals surface area contributed by atoms with Crippen molar-refractivity contribution in [2.45, 2.75) is 26.2 Å². The fourth-order valence-corrected chi connectivity index (χ4v) is 2.30. The number of carboxylic acids is 1. The minimum Gasteiger partial charge on any atom is -0.480 e. The molecule has 0 aromatic heterocycles. The molecule has 0 aromatic carbocycles. The number of amides is 1. The molecule has 0 radical (unpaired) electrons. The Kier molecular flexibility index (Phi) is 4.29. The zero-order valence-electron chi connectivity index (χ0n) is 9.95. The summed E-state index contributed by atoms with van der Waals surface area (Å²) in [5.41, 5.74) is -0.352. The average Bonchev–Trinajstić information content (AvgIpc) is 2.28. The number of likely N-dealkylation sites (N-methyl/N-ethyl adjacent to an activating group) is 1. The topological polar surface area (TPSA) is 69.6 Å². The van der Waals surface area contributed by atoms with Crippen LogP contribution in [-0.4, -0.2) is 48.6 Å². The quantitative estimate of drug-likeness (QED) is 0.726. The Morgan fingerprint density at radius 2 is 1.94 bits per heavy atom. The van der Waals surface area contributed by atoms with Gasteiger partial charge in [0.25, 0.3) is 0 Å². The summed E-state index contributed by atoms with van der Waals surface area (Å²) in [5.74, 6) is -0.991. The SMILES string of the molecule is CCC1(C(=O)N(C)CC(=O)O)CCNCC1. The summed E-state index contributed by atoms with van der Waals surface area (Å²) >= 11 is 0. The second-order valence-electron chi connectivity index (χ2n) is 4.44. The Morgan fingerprint density at radius 3 is 2.38 bits per heavy atom. The van der Waals surface area contributed by atoms with Gasteiger partial charge in [-0.05, 0) is 32.4 Å². The Labute approximate surface area is 95.8 Å². The Morgan fingerprint density at radius 1 is 1.38 bits per heavy atom. The van der Waals surface area contributed by atoms with Gasteiger partial charge in [-0.25, -0.2) is 0 Å². The fourth-order valence-electron chi connectivity index (χ4n) is 2.30. The third kappa shape index (κ3) is 2.72. The molecule has 0 atom stereocenters. The number of hydrogen-bond donors (Lipinski definition) is 2. The number of carbonyl (C=O) groups excluding carboxylic acids is 1. The molecule has 1 saturated heterocycles. The number of piperidine rings is 1. The van der Waals surface area contributed by atoms with Gasteiger partial charge in [0.2, 0.25) is 5.91 Å². The van der Waals surface area contributed by atoms with Crippen molar-refractivity contribution in [2.75, 3.05) is 26.7 Å². The van der Waals surface area contributed by atoms with Crippen molar-refractivity contribution in [3.63, 3.8) is 0 Å². The maximum absolute atomic E-state index is 12.2. The number of nitrogens with zero attached hydrogens (tertiary/aromatic N) is 1. The highest BCUT2D eigenvalue weighted by molar-refractivity contribution is 5.85. The van der Waals surface area contributed by atoms with Crippen molar-refractivity contribution in [1.82, 2.24) is 10.2 Å². The summed E-state index contributed by atoms with van der Waals surface area (Å²) < 4.78 is 0. The summed E-state index contributed by atoms with van der Waals surface area (Å²) in [7, 11) is 1.57. The third-order valence-electron chi connectivity index (χ3n) is 3.41. The first-order valence-electron chi connectivity index (χ1n) is 5.70. The smallest absolute Gasteiger partial charge is 0.323 e. The fraction of sp³-hybridized carbons (Fsp3) is 0.818. The molecule has 0 aliphatic carbocycles. The van der Waals surface area contributed by atoms with Gasteiger partial charge in [-0.15, -0.1) is 0 Å². The van der Waals surface area contributed by atoms with Crippen LogP contribution in [0.3, 0.4) is 0 Å². The van der Waals surface area contributed by atoms with E-state index in [1.54, 1.807) is 7.05 Å². The normalized spacial score (nSPS) is 19.1. The molecule has 0 spiro atoms. The van der Waals surface area contributed by atoms with Gasteiger partial charge < -0.3 is 15.3 Å².